The fourth-order valence-electron chi connectivity index (χ4n) is 2.36. The molecular weight excluding hydrogens is 293 g/mol. The summed E-state index contributed by atoms with van der Waals surface area (Å²) in [6.07, 6.45) is 7.37. The van der Waals surface area contributed by atoms with E-state index in [1.165, 1.54) is 12.1 Å². The van der Waals surface area contributed by atoms with Crippen LogP contribution in [0.4, 0.5) is 10.3 Å². The first-order valence-electron chi connectivity index (χ1n) is 6.71. The molecule has 0 aliphatic carbocycles. The van der Waals surface area contributed by atoms with Gasteiger partial charge in [0.2, 0.25) is 5.95 Å². The van der Waals surface area contributed by atoms with E-state index in [4.69, 9.17) is 17.3 Å². The van der Waals surface area contributed by atoms with E-state index >= 15 is 0 Å². The molecule has 0 fully saturated rings. The molecule has 0 spiro atoms. The minimum atomic E-state index is -0.455. The maximum Gasteiger partial charge on any atom is 0.201 e. The standard InChI is InChI=1S/C14H15ClFN5/c15-10-7-12-13(8-11(10)16)21(14(17)19-12)5-2-1-4-20-6-3-18-9-20/h3,6-9H,1-2,4-5H2,(H2,17,19). The summed E-state index contributed by atoms with van der Waals surface area (Å²) in [5, 5.41) is 0.0623. The minimum Gasteiger partial charge on any atom is -0.369 e. The molecular formula is C14H15ClFN5. The third-order valence-electron chi connectivity index (χ3n) is 3.43. The quantitative estimate of drug-likeness (QED) is 0.737. The molecule has 5 nitrogen and oxygen atoms in total. The number of imidazole rings is 2. The van der Waals surface area contributed by atoms with Crippen molar-refractivity contribution in [3.8, 4) is 0 Å². The van der Waals surface area contributed by atoms with Crippen molar-refractivity contribution in [2.75, 3.05) is 5.73 Å². The maximum atomic E-state index is 13.6. The Hall–Kier alpha value is -2.08. The van der Waals surface area contributed by atoms with Gasteiger partial charge in [-0.15, -0.1) is 0 Å². The van der Waals surface area contributed by atoms with E-state index in [1.807, 2.05) is 15.3 Å². The Bertz CT molecular complexity index is 750. The molecule has 0 saturated carbocycles. The molecule has 0 aliphatic heterocycles. The predicted molar refractivity (Wildman–Crippen MR) is 80.6 cm³/mol. The molecule has 2 heterocycles. The molecule has 21 heavy (non-hydrogen) atoms. The normalized spacial score (nSPS) is 11.3. The van der Waals surface area contributed by atoms with E-state index in [0.29, 0.717) is 23.5 Å². The van der Waals surface area contributed by atoms with Crippen molar-refractivity contribution in [3.63, 3.8) is 0 Å². The van der Waals surface area contributed by atoms with Crippen LogP contribution < -0.4 is 5.73 Å². The van der Waals surface area contributed by atoms with E-state index in [-0.39, 0.29) is 5.02 Å². The van der Waals surface area contributed by atoms with Gasteiger partial charge in [0.15, 0.2) is 0 Å². The Kier molecular flexibility index (Phi) is 3.79. The Balaban J connectivity index is 1.71. The topological polar surface area (TPSA) is 61.7 Å². The summed E-state index contributed by atoms with van der Waals surface area (Å²) in [5.74, 6) is -0.0713. The van der Waals surface area contributed by atoms with E-state index in [1.54, 1.807) is 12.5 Å². The van der Waals surface area contributed by atoms with Crippen LogP contribution in [0.2, 0.25) is 5.02 Å². The maximum absolute atomic E-state index is 13.6. The van der Waals surface area contributed by atoms with Gasteiger partial charge in [0.25, 0.3) is 0 Å². The van der Waals surface area contributed by atoms with Gasteiger partial charge in [0.1, 0.15) is 5.82 Å². The summed E-state index contributed by atoms with van der Waals surface area (Å²) in [6, 6.07) is 2.89. The molecule has 0 aliphatic rings. The highest BCUT2D eigenvalue weighted by Crippen LogP contribution is 2.25. The number of benzene rings is 1. The second-order valence-corrected chi connectivity index (χ2v) is 5.29. The molecule has 7 heteroatoms. The molecule has 110 valence electrons. The predicted octanol–water partition coefficient (Wildman–Crippen LogP) is 3.09. The molecule has 0 atom stereocenters. The number of hydrogen-bond donors (Lipinski definition) is 1. The van der Waals surface area contributed by atoms with Crippen molar-refractivity contribution in [2.45, 2.75) is 25.9 Å². The van der Waals surface area contributed by atoms with Crippen molar-refractivity contribution in [1.29, 1.82) is 0 Å². The summed E-state index contributed by atoms with van der Waals surface area (Å²) in [4.78, 5) is 8.22. The highest BCUT2D eigenvalue weighted by atomic mass is 35.5. The number of halogens is 2. The van der Waals surface area contributed by atoms with Gasteiger partial charge in [-0.1, -0.05) is 11.6 Å². The van der Waals surface area contributed by atoms with Crippen LogP contribution in [0.1, 0.15) is 12.8 Å². The van der Waals surface area contributed by atoms with Gasteiger partial charge in [-0.2, -0.15) is 0 Å². The van der Waals surface area contributed by atoms with E-state index in [9.17, 15) is 4.39 Å². The van der Waals surface area contributed by atoms with Crippen molar-refractivity contribution in [2.24, 2.45) is 0 Å². The van der Waals surface area contributed by atoms with Gasteiger partial charge < -0.3 is 14.9 Å². The number of hydrogen-bond acceptors (Lipinski definition) is 3. The summed E-state index contributed by atoms with van der Waals surface area (Å²) in [6.45, 7) is 1.59. The molecule has 2 N–H and O–H groups in total. The molecule has 0 amide bonds. The van der Waals surface area contributed by atoms with Gasteiger partial charge in [0.05, 0.1) is 22.4 Å². The Morgan fingerprint density at radius 2 is 2.05 bits per heavy atom. The minimum absolute atomic E-state index is 0.0623. The highest BCUT2D eigenvalue weighted by Gasteiger charge is 2.11. The lowest BCUT2D eigenvalue weighted by Gasteiger charge is -2.07. The lowest BCUT2D eigenvalue weighted by atomic mass is 10.2. The summed E-state index contributed by atoms with van der Waals surface area (Å²) in [7, 11) is 0. The second-order valence-electron chi connectivity index (χ2n) is 4.88. The molecule has 2 aromatic heterocycles. The number of rotatable bonds is 5. The zero-order chi connectivity index (χ0) is 14.8. The number of nitrogens with zero attached hydrogens (tertiary/aromatic N) is 4. The van der Waals surface area contributed by atoms with E-state index in [2.05, 4.69) is 9.97 Å². The Morgan fingerprint density at radius 1 is 1.24 bits per heavy atom. The van der Waals surface area contributed by atoms with Gasteiger partial charge in [-0.25, -0.2) is 14.4 Å². The van der Waals surface area contributed by atoms with Crippen LogP contribution in [0.3, 0.4) is 0 Å². The third kappa shape index (κ3) is 2.85. The first-order valence-corrected chi connectivity index (χ1v) is 7.09. The van der Waals surface area contributed by atoms with Crippen LogP contribution in [-0.4, -0.2) is 19.1 Å². The average molecular weight is 308 g/mol. The lowest BCUT2D eigenvalue weighted by molar-refractivity contribution is 0.561. The number of aryl methyl sites for hydroxylation is 2. The number of aromatic nitrogens is 4. The zero-order valence-electron chi connectivity index (χ0n) is 11.3. The first kappa shape index (κ1) is 13.9. The molecule has 0 radical (unpaired) electrons. The largest absolute Gasteiger partial charge is 0.369 e. The molecule has 0 saturated heterocycles. The number of unbranched alkanes of at least 4 members (excludes halogenated alkanes) is 1. The van der Waals surface area contributed by atoms with Crippen molar-refractivity contribution in [3.05, 3.63) is 41.7 Å². The van der Waals surface area contributed by atoms with Crippen LogP contribution in [0.5, 0.6) is 0 Å². The van der Waals surface area contributed by atoms with E-state index in [0.717, 1.165) is 19.4 Å². The van der Waals surface area contributed by atoms with Crippen LogP contribution in [0.15, 0.2) is 30.9 Å². The summed E-state index contributed by atoms with van der Waals surface area (Å²) in [5.41, 5.74) is 7.20. The van der Waals surface area contributed by atoms with Crippen molar-refractivity contribution < 1.29 is 4.39 Å². The number of fused-ring (bicyclic) bond motifs is 1. The number of anilines is 1. The van der Waals surface area contributed by atoms with Gasteiger partial charge >= 0.3 is 0 Å². The second kappa shape index (κ2) is 5.73. The Labute approximate surface area is 126 Å². The number of nitrogen functional groups attached to an aromatic ring is 1. The van der Waals surface area contributed by atoms with E-state index < -0.39 is 5.82 Å². The van der Waals surface area contributed by atoms with Crippen LogP contribution in [-0.2, 0) is 13.1 Å². The zero-order valence-corrected chi connectivity index (χ0v) is 12.1. The molecule has 0 unspecified atom stereocenters. The van der Waals surface area contributed by atoms with Gasteiger partial charge in [-0.3, -0.25) is 0 Å². The fraction of sp³-hybridized carbons (Fsp3) is 0.286. The summed E-state index contributed by atoms with van der Waals surface area (Å²) < 4.78 is 17.4. The molecule has 0 bridgehead atoms. The summed E-state index contributed by atoms with van der Waals surface area (Å²) >= 11 is 5.76. The van der Waals surface area contributed by atoms with Crippen LogP contribution in [0.25, 0.3) is 11.0 Å². The van der Waals surface area contributed by atoms with Crippen LogP contribution >= 0.6 is 11.6 Å². The monoisotopic (exact) mass is 307 g/mol. The van der Waals surface area contributed by atoms with Crippen LogP contribution in [0, 0.1) is 5.82 Å². The highest BCUT2D eigenvalue weighted by molar-refractivity contribution is 6.31. The Morgan fingerprint density at radius 3 is 2.81 bits per heavy atom. The third-order valence-corrected chi connectivity index (χ3v) is 3.72. The SMILES string of the molecule is Nc1nc2cc(Cl)c(F)cc2n1CCCCn1ccnc1. The molecule has 1 aromatic carbocycles. The average Bonchev–Trinajstić information content (AvgIpc) is 3.05. The number of nitrogens with two attached hydrogens (primary N) is 1. The van der Waals surface area contributed by atoms with Gasteiger partial charge in [0, 0.05) is 31.5 Å². The van der Waals surface area contributed by atoms with Crippen molar-refractivity contribution in [1.82, 2.24) is 19.1 Å². The molecule has 3 aromatic rings. The smallest absolute Gasteiger partial charge is 0.201 e. The molecule has 3 rings (SSSR count). The first-order chi connectivity index (χ1) is 10.1. The lowest BCUT2D eigenvalue weighted by Crippen LogP contribution is -2.05. The van der Waals surface area contributed by atoms with Crippen molar-refractivity contribution >= 4 is 28.6 Å². The van der Waals surface area contributed by atoms with Gasteiger partial charge in [-0.05, 0) is 18.9 Å². The fourth-order valence-corrected chi connectivity index (χ4v) is 2.51.